The van der Waals surface area contributed by atoms with E-state index < -0.39 is 17.9 Å². The molecule has 1 fully saturated rings. The molecule has 154 valence electrons. The molecule has 1 saturated carbocycles. The van der Waals surface area contributed by atoms with Crippen molar-refractivity contribution in [3.8, 4) is 0 Å². The highest BCUT2D eigenvalue weighted by molar-refractivity contribution is 5.59. The maximum Gasteiger partial charge on any atom is 0.321 e. The number of hydrogen-bond donors (Lipinski definition) is 1. The molecule has 2 aliphatic rings. The van der Waals surface area contributed by atoms with Crippen LogP contribution in [0.3, 0.4) is 0 Å². The van der Waals surface area contributed by atoms with Gasteiger partial charge in [0.2, 0.25) is 0 Å². The average molecular weight is 411 g/mol. The van der Waals surface area contributed by atoms with E-state index in [4.69, 9.17) is 9.52 Å². The molecule has 0 aromatic carbocycles. The number of H-pyrrole nitrogens is 1. The van der Waals surface area contributed by atoms with Gasteiger partial charge in [-0.25, -0.2) is 9.50 Å². The summed E-state index contributed by atoms with van der Waals surface area (Å²) < 4.78 is 34.6. The molecule has 0 amide bonds. The first-order chi connectivity index (χ1) is 14.5. The maximum absolute atomic E-state index is 13.7. The van der Waals surface area contributed by atoms with Gasteiger partial charge in [0.1, 0.15) is 6.04 Å². The number of rotatable bonds is 4. The van der Waals surface area contributed by atoms with E-state index in [2.05, 4.69) is 32.3 Å². The van der Waals surface area contributed by atoms with Crippen molar-refractivity contribution in [2.24, 2.45) is 0 Å². The molecular formula is C20H19F2N7O. The molecule has 0 bridgehead atoms. The largest absolute Gasteiger partial charge is 0.401 e. The van der Waals surface area contributed by atoms with Crippen molar-refractivity contribution in [3.05, 3.63) is 59.3 Å². The van der Waals surface area contributed by atoms with Crippen molar-refractivity contribution < 1.29 is 13.2 Å². The van der Waals surface area contributed by atoms with Gasteiger partial charge in [0.25, 0.3) is 5.89 Å². The first-order valence-corrected chi connectivity index (χ1v) is 9.98. The van der Waals surface area contributed by atoms with Crippen LogP contribution >= 0.6 is 0 Å². The highest BCUT2D eigenvalue weighted by Gasteiger charge is 2.38. The van der Waals surface area contributed by atoms with Crippen LogP contribution in [0.5, 0.6) is 0 Å². The second kappa shape index (κ2) is 6.10. The average Bonchev–Trinajstić information content (AvgIpc) is 3.12. The van der Waals surface area contributed by atoms with Gasteiger partial charge in [-0.15, -0.1) is 5.10 Å². The predicted molar refractivity (Wildman–Crippen MR) is 103 cm³/mol. The Balaban J connectivity index is 1.48. The Morgan fingerprint density at radius 1 is 1.27 bits per heavy atom. The zero-order chi connectivity index (χ0) is 20.5. The summed E-state index contributed by atoms with van der Waals surface area (Å²) in [7, 11) is 0. The van der Waals surface area contributed by atoms with E-state index in [1.807, 2.05) is 21.7 Å². The molecule has 8 nitrogen and oxygen atoms in total. The Hall–Kier alpha value is -3.30. The number of hydrogen-bond acceptors (Lipinski definition) is 6. The van der Waals surface area contributed by atoms with Crippen LogP contribution in [0.4, 0.5) is 14.8 Å². The number of halogens is 2. The van der Waals surface area contributed by atoms with Gasteiger partial charge in [0.05, 0.1) is 23.2 Å². The Labute approximate surface area is 169 Å². The number of nitrogens with one attached hydrogen (secondary N) is 1. The lowest BCUT2D eigenvalue weighted by atomic mass is 10.00. The number of aromatic amines is 1. The third kappa shape index (κ3) is 2.70. The van der Waals surface area contributed by atoms with E-state index in [1.165, 1.54) is 18.4 Å². The van der Waals surface area contributed by atoms with Crippen molar-refractivity contribution >= 4 is 11.5 Å². The normalized spacial score (nSPS) is 19.4. The van der Waals surface area contributed by atoms with E-state index in [9.17, 15) is 8.78 Å². The third-order valence-electron chi connectivity index (χ3n) is 5.81. The van der Waals surface area contributed by atoms with Gasteiger partial charge in [-0.2, -0.15) is 13.9 Å². The number of alkyl halides is 2. The number of imidazole rings is 1. The molecule has 4 aromatic rings. The Kier molecular flexibility index (Phi) is 3.57. The molecule has 1 aliphatic carbocycles. The summed E-state index contributed by atoms with van der Waals surface area (Å²) in [5.41, 5.74) is 4.89. The maximum atomic E-state index is 13.7. The van der Waals surface area contributed by atoms with Crippen LogP contribution in [0.2, 0.25) is 0 Å². The molecule has 30 heavy (non-hydrogen) atoms. The van der Waals surface area contributed by atoms with Crippen LogP contribution in [0.25, 0.3) is 5.52 Å². The Bertz CT molecular complexity index is 1230. The summed E-state index contributed by atoms with van der Waals surface area (Å²) >= 11 is 0. The van der Waals surface area contributed by atoms with Crippen LogP contribution in [0, 0.1) is 0 Å². The molecule has 4 aromatic heterocycles. The van der Waals surface area contributed by atoms with E-state index >= 15 is 0 Å². The second-order valence-corrected chi connectivity index (χ2v) is 8.03. The molecule has 0 saturated heterocycles. The smallest absolute Gasteiger partial charge is 0.321 e. The first kappa shape index (κ1) is 17.5. The minimum absolute atomic E-state index is 0.0460. The monoisotopic (exact) mass is 411 g/mol. The van der Waals surface area contributed by atoms with Gasteiger partial charge in [-0.3, -0.25) is 0 Å². The lowest BCUT2D eigenvalue weighted by Crippen LogP contribution is -2.37. The summed E-state index contributed by atoms with van der Waals surface area (Å²) in [5, 5.41) is 12.3. The molecule has 1 unspecified atom stereocenters. The fourth-order valence-corrected chi connectivity index (χ4v) is 4.22. The topological polar surface area (TPSA) is 88.1 Å². The number of anilines is 1. The molecule has 10 heteroatoms. The van der Waals surface area contributed by atoms with Gasteiger partial charge < -0.3 is 14.3 Å². The van der Waals surface area contributed by atoms with Crippen LogP contribution in [0.1, 0.15) is 60.3 Å². The minimum atomic E-state index is -3.20. The first-order valence-electron chi connectivity index (χ1n) is 9.98. The van der Waals surface area contributed by atoms with Gasteiger partial charge >= 0.3 is 11.9 Å². The van der Waals surface area contributed by atoms with Crippen molar-refractivity contribution in [1.82, 2.24) is 29.8 Å². The summed E-state index contributed by atoms with van der Waals surface area (Å²) in [6, 6.07) is 5.84. The van der Waals surface area contributed by atoms with Crippen LogP contribution in [-0.4, -0.2) is 36.3 Å². The summed E-state index contributed by atoms with van der Waals surface area (Å²) in [6.45, 7) is 1.26. The Morgan fingerprint density at radius 2 is 2.13 bits per heavy atom. The number of aromatic nitrogens is 6. The molecule has 1 atom stereocenters. The molecular weight excluding hydrogens is 392 g/mol. The van der Waals surface area contributed by atoms with Crippen molar-refractivity contribution in [2.75, 3.05) is 11.4 Å². The summed E-state index contributed by atoms with van der Waals surface area (Å²) in [4.78, 5) is 9.48. The predicted octanol–water partition coefficient (Wildman–Crippen LogP) is 3.58. The fourth-order valence-electron chi connectivity index (χ4n) is 4.22. The van der Waals surface area contributed by atoms with E-state index in [-0.39, 0.29) is 6.01 Å². The molecule has 0 spiro atoms. The highest BCUT2D eigenvalue weighted by Crippen LogP contribution is 2.43. The molecule has 5 heterocycles. The zero-order valence-electron chi connectivity index (χ0n) is 16.2. The van der Waals surface area contributed by atoms with Crippen molar-refractivity contribution in [2.45, 2.75) is 44.1 Å². The molecule has 0 radical (unpaired) electrons. The van der Waals surface area contributed by atoms with Crippen molar-refractivity contribution in [1.29, 1.82) is 0 Å². The van der Waals surface area contributed by atoms with Crippen LogP contribution < -0.4 is 4.90 Å². The lowest BCUT2D eigenvalue weighted by Gasteiger charge is -2.32. The fraction of sp³-hybridized carbons (Fsp3) is 0.400. The SMILES string of the molecule is CC(F)(F)c1nnc(N2CCc3[nH]cnc3C2c2cc3c(C4CC4)cccn3n2)o1. The van der Waals surface area contributed by atoms with E-state index in [1.54, 1.807) is 6.33 Å². The van der Waals surface area contributed by atoms with Gasteiger partial charge in [0.15, 0.2) is 0 Å². The van der Waals surface area contributed by atoms with Crippen LogP contribution in [-0.2, 0) is 12.3 Å². The van der Waals surface area contributed by atoms with E-state index in [0.717, 1.165) is 29.5 Å². The Morgan fingerprint density at radius 3 is 2.90 bits per heavy atom. The standard InChI is InChI=1S/C20H19F2N7O/c1-20(21,22)18-25-26-19(30-18)28-8-6-13-16(24-10-23-13)17(28)14-9-15-12(11-4-5-11)3-2-7-29(15)27-14/h2-3,7,9-11,17H,4-6,8H2,1H3,(H,23,24). The third-order valence-corrected chi connectivity index (χ3v) is 5.81. The molecule has 1 N–H and O–H groups in total. The van der Waals surface area contributed by atoms with Gasteiger partial charge in [-0.1, -0.05) is 11.2 Å². The highest BCUT2D eigenvalue weighted by atomic mass is 19.3. The quantitative estimate of drug-likeness (QED) is 0.552. The van der Waals surface area contributed by atoms with Crippen molar-refractivity contribution in [3.63, 3.8) is 0 Å². The summed E-state index contributed by atoms with van der Waals surface area (Å²) in [5.74, 6) is -3.32. The zero-order valence-corrected chi connectivity index (χ0v) is 16.2. The number of fused-ring (bicyclic) bond motifs is 2. The summed E-state index contributed by atoms with van der Waals surface area (Å²) in [6.07, 6.45) is 6.61. The van der Waals surface area contributed by atoms with Gasteiger partial charge in [-0.05, 0) is 36.5 Å². The van der Waals surface area contributed by atoms with Gasteiger partial charge in [0, 0.05) is 31.8 Å². The minimum Gasteiger partial charge on any atom is -0.401 e. The number of pyridine rings is 1. The molecule has 6 rings (SSSR count). The van der Waals surface area contributed by atoms with E-state index in [0.29, 0.717) is 18.9 Å². The molecule has 1 aliphatic heterocycles. The van der Waals surface area contributed by atoms with Crippen LogP contribution in [0.15, 0.2) is 35.1 Å². The second-order valence-electron chi connectivity index (χ2n) is 8.03. The lowest BCUT2D eigenvalue weighted by molar-refractivity contribution is -0.0107. The number of nitrogens with zero attached hydrogens (tertiary/aromatic N) is 6.